The van der Waals surface area contributed by atoms with Crippen molar-refractivity contribution in [3.05, 3.63) is 47.9 Å². The van der Waals surface area contributed by atoms with E-state index in [1.165, 1.54) is 0 Å². The molecule has 2 rings (SSSR count). The number of aromatic nitrogens is 2. The maximum atomic E-state index is 12.3. The smallest absolute Gasteiger partial charge is 0.270 e. The quantitative estimate of drug-likeness (QED) is 0.889. The Hall–Kier alpha value is -2.43. The topological polar surface area (TPSA) is 58.1 Å². The van der Waals surface area contributed by atoms with Crippen LogP contribution in [0.5, 0.6) is 0 Å². The Morgan fingerprint density at radius 3 is 2.52 bits per heavy atom. The molecule has 0 bridgehead atoms. The molecule has 0 spiro atoms. The van der Waals surface area contributed by atoms with Gasteiger partial charge in [-0.25, -0.2) is 9.97 Å². The van der Waals surface area contributed by atoms with E-state index >= 15 is 0 Å². The van der Waals surface area contributed by atoms with Crippen molar-refractivity contribution >= 4 is 17.4 Å². The zero-order chi connectivity index (χ0) is 16.8. The summed E-state index contributed by atoms with van der Waals surface area (Å²) in [6.45, 7) is 9.38. The lowest BCUT2D eigenvalue weighted by atomic mass is 10.2. The molecule has 0 radical (unpaired) electrons. The Morgan fingerprint density at radius 1 is 1.22 bits per heavy atom. The number of carbonyl (C=O) groups excluding carboxylic acids is 1. The van der Waals surface area contributed by atoms with Gasteiger partial charge in [-0.3, -0.25) is 4.79 Å². The van der Waals surface area contributed by atoms with Gasteiger partial charge in [0.2, 0.25) is 0 Å². The van der Waals surface area contributed by atoms with Crippen LogP contribution >= 0.6 is 0 Å². The minimum Gasteiger partial charge on any atom is -0.350 e. The molecule has 2 aromatic rings. The van der Waals surface area contributed by atoms with Crippen LogP contribution in [0.1, 0.15) is 37.1 Å². The molecule has 0 fully saturated rings. The zero-order valence-electron chi connectivity index (χ0n) is 14.2. The van der Waals surface area contributed by atoms with Crippen molar-refractivity contribution in [2.75, 3.05) is 18.0 Å². The van der Waals surface area contributed by atoms with Gasteiger partial charge >= 0.3 is 0 Å². The van der Waals surface area contributed by atoms with E-state index in [9.17, 15) is 4.79 Å². The fraction of sp³-hybridized carbons (Fsp3) is 0.389. The second-order valence-corrected chi connectivity index (χ2v) is 5.84. The number of hydrogen-bond donors (Lipinski definition) is 1. The van der Waals surface area contributed by atoms with E-state index in [1.807, 2.05) is 37.3 Å². The highest BCUT2D eigenvalue weighted by molar-refractivity contribution is 5.93. The van der Waals surface area contributed by atoms with Crippen LogP contribution in [0.25, 0.3) is 0 Å². The van der Waals surface area contributed by atoms with Crippen LogP contribution in [0.15, 0.2) is 36.4 Å². The highest BCUT2D eigenvalue weighted by Gasteiger charge is 2.15. The lowest BCUT2D eigenvalue weighted by Gasteiger charge is -2.22. The Labute approximate surface area is 137 Å². The molecule has 23 heavy (non-hydrogen) atoms. The summed E-state index contributed by atoms with van der Waals surface area (Å²) < 4.78 is 0. The van der Waals surface area contributed by atoms with Crippen molar-refractivity contribution in [1.29, 1.82) is 0 Å². The Morgan fingerprint density at radius 2 is 1.91 bits per heavy atom. The summed E-state index contributed by atoms with van der Waals surface area (Å²) in [6.07, 6.45) is 0. The molecule has 1 aromatic heterocycles. The highest BCUT2D eigenvalue weighted by atomic mass is 16.1. The van der Waals surface area contributed by atoms with E-state index in [0.29, 0.717) is 24.0 Å². The van der Waals surface area contributed by atoms with Crippen LogP contribution in [0.2, 0.25) is 0 Å². The van der Waals surface area contributed by atoms with Gasteiger partial charge in [-0.2, -0.15) is 0 Å². The van der Waals surface area contributed by atoms with Crippen LogP contribution in [-0.2, 0) is 0 Å². The number of anilines is 2. The van der Waals surface area contributed by atoms with Crippen molar-refractivity contribution in [2.24, 2.45) is 5.92 Å². The maximum Gasteiger partial charge on any atom is 0.270 e. The van der Waals surface area contributed by atoms with Crippen LogP contribution in [0.4, 0.5) is 11.5 Å². The van der Waals surface area contributed by atoms with E-state index < -0.39 is 0 Å². The molecule has 1 amide bonds. The average Bonchev–Trinajstić information content (AvgIpc) is 2.54. The molecule has 0 aliphatic carbocycles. The summed E-state index contributed by atoms with van der Waals surface area (Å²) in [4.78, 5) is 23.1. The molecular formula is C18H24N4O. The summed E-state index contributed by atoms with van der Waals surface area (Å²) in [5.74, 6) is 1.57. The van der Waals surface area contributed by atoms with Gasteiger partial charge in [-0.05, 0) is 31.9 Å². The first kappa shape index (κ1) is 16.9. The molecular weight excluding hydrogens is 288 g/mol. The Kier molecular flexibility index (Phi) is 5.68. The van der Waals surface area contributed by atoms with Crippen LogP contribution in [0, 0.1) is 12.8 Å². The van der Waals surface area contributed by atoms with Crippen molar-refractivity contribution in [2.45, 2.75) is 27.7 Å². The summed E-state index contributed by atoms with van der Waals surface area (Å²) in [7, 11) is 0. The third-order valence-corrected chi connectivity index (χ3v) is 3.39. The number of nitrogens with zero attached hydrogens (tertiary/aromatic N) is 3. The van der Waals surface area contributed by atoms with Crippen LogP contribution in [0.3, 0.4) is 0 Å². The van der Waals surface area contributed by atoms with Gasteiger partial charge in [0.15, 0.2) is 0 Å². The van der Waals surface area contributed by atoms with Crippen molar-refractivity contribution < 1.29 is 4.79 Å². The van der Waals surface area contributed by atoms with Gasteiger partial charge < -0.3 is 10.2 Å². The molecule has 0 aliphatic heterocycles. The monoisotopic (exact) mass is 312 g/mol. The minimum atomic E-state index is -0.158. The van der Waals surface area contributed by atoms with Crippen LogP contribution in [-0.4, -0.2) is 29.0 Å². The van der Waals surface area contributed by atoms with E-state index in [0.717, 1.165) is 18.1 Å². The van der Waals surface area contributed by atoms with E-state index in [-0.39, 0.29) is 5.91 Å². The molecule has 0 atom stereocenters. The first-order valence-electron chi connectivity index (χ1n) is 7.97. The second-order valence-electron chi connectivity index (χ2n) is 5.84. The molecule has 5 heteroatoms. The number of hydrogen-bond acceptors (Lipinski definition) is 4. The minimum absolute atomic E-state index is 0.158. The molecule has 1 aromatic carbocycles. The zero-order valence-corrected chi connectivity index (χ0v) is 14.2. The molecule has 1 heterocycles. The third kappa shape index (κ3) is 4.52. The van der Waals surface area contributed by atoms with E-state index in [2.05, 4.69) is 41.0 Å². The number of carbonyl (C=O) groups is 1. The summed E-state index contributed by atoms with van der Waals surface area (Å²) >= 11 is 0. The van der Waals surface area contributed by atoms with E-state index in [1.54, 1.807) is 6.07 Å². The van der Waals surface area contributed by atoms with Crippen molar-refractivity contribution in [1.82, 2.24) is 15.3 Å². The van der Waals surface area contributed by atoms with Crippen LogP contribution < -0.4 is 10.2 Å². The van der Waals surface area contributed by atoms with Gasteiger partial charge in [0, 0.05) is 24.8 Å². The van der Waals surface area contributed by atoms with Gasteiger partial charge in [0.05, 0.1) is 0 Å². The fourth-order valence-corrected chi connectivity index (χ4v) is 2.28. The first-order chi connectivity index (χ1) is 11.0. The highest BCUT2D eigenvalue weighted by Crippen LogP contribution is 2.23. The number of nitrogens with one attached hydrogen (secondary N) is 1. The fourth-order valence-electron chi connectivity index (χ4n) is 2.28. The predicted octanol–water partition coefficient (Wildman–Crippen LogP) is 3.33. The molecule has 122 valence electrons. The molecule has 0 unspecified atom stereocenters. The lowest BCUT2D eigenvalue weighted by Crippen LogP contribution is -2.29. The van der Waals surface area contributed by atoms with Gasteiger partial charge in [-0.15, -0.1) is 0 Å². The van der Waals surface area contributed by atoms with Crippen molar-refractivity contribution in [3.8, 4) is 0 Å². The molecule has 0 saturated carbocycles. The largest absolute Gasteiger partial charge is 0.350 e. The SMILES string of the molecule is CCN(c1ccccc1)c1cc(C(=O)NCC(C)C)nc(C)n1. The van der Waals surface area contributed by atoms with Crippen molar-refractivity contribution in [3.63, 3.8) is 0 Å². The first-order valence-corrected chi connectivity index (χ1v) is 7.97. The number of para-hydroxylation sites is 1. The number of rotatable bonds is 6. The number of aryl methyl sites for hydroxylation is 1. The standard InChI is InChI=1S/C18H24N4O/c1-5-22(15-9-7-6-8-10-15)17-11-16(20-14(4)21-17)18(23)19-12-13(2)3/h6-11,13H,5,12H2,1-4H3,(H,19,23). The van der Waals surface area contributed by atoms with Gasteiger partial charge in [-0.1, -0.05) is 32.0 Å². The number of benzene rings is 1. The molecule has 0 saturated heterocycles. The number of amides is 1. The lowest BCUT2D eigenvalue weighted by molar-refractivity contribution is 0.0943. The Balaban J connectivity index is 2.30. The molecule has 5 nitrogen and oxygen atoms in total. The normalized spacial score (nSPS) is 10.7. The summed E-state index contributed by atoms with van der Waals surface area (Å²) in [5, 5.41) is 2.90. The predicted molar refractivity (Wildman–Crippen MR) is 93.1 cm³/mol. The van der Waals surface area contributed by atoms with E-state index in [4.69, 9.17) is 0 Å². The van der Waals surface area contributed by atoms with Gasteiger partial charge in [0.25, 0.3) is 5.91 Å². The molecule has 0 aliphatic rings. The molecule has 1 N–H and O–H groups in total. The van der Waals surface area contributed by atoms with Gasteiger partial charge in [0.1, 0.15) is 17.3 Å². The summed E-state index contributed by atoms with van der Waals surface area (Å²) in [5.41, 5.74) is 1.45. The average molecular weight is 312 g/mol. The summed E-state index contributed by atoms with van der Waals surface area (Å²) in [6, 6.07) is 11.8. The maximum absolute atomic E-state index is 12.3. The Bertz CT molecular complexity index is 655. The second kappa shape index (κ2) is 7.72. The third-order valence-electron chi connectivity index (χ3n) is 3.39.